The molecule has 1 unspecified atom stereocenters. The van der Waals surface area contributed by atoms with Crippen LogP contribution in [0.15, 0.2) is 29.3 Å². The van der Waals surface area contributed by atoms with E-state index in [9.17, 15) is 4.79 Å². The predicted octanol–water partition coefficient (Wildman–Crippen LogP) is 1.51. The van der Waals surface area contributed by atoms with Crippen molar-refractivity contribution < 1.29 is 9.53 Å². The molecule has 1 fully saturated rings. The molecule has 2 aliphatic rings. The first-order valence-electron chi connectivity index (χ1n) is 9.07. The molecule has 0 aromatic heterocycles. The van der Waals surface area contributed by atoms with E-state index >= 15 is 0 Å². The molecule has 0 spiro atoms. The van der Waals surface area contributed by atoms with E-state index in [0.29, 0.717) is 5.92 Å². The standard InChI is InChI=1S/C19H28N4O2/c1-20-19(22(2)13-15-9-11-25-14-15)21-12-18(24)23-10-5-7-16-6-3-4-8-17(16)23/h3-4,6,8,15H,5,7,9-14H2,1-2H3,(H,20,21). The smallest absolute Gasteiger partial charge is 0.246 e. The number of carbonyl (C=O) groups is 1. The van der Waals surface area contributed by atoms with E-state index < -0.39 is 0 Å². The number of para-hydroxylation sites is 1. The van der Waals surface area contributed by atoms with Crippen molar-refractivity contribution in [3.63, 3.8) is 0 Å². The number of aryl methyl sites for hydroxylation is 1. The zero-order valence-corrected chi connectivity index (χ0v) is 15.2. The number of nitrogens with one attached hydrogen (secondary N) is 1. The van der Waals surface area contributed by atoms with Crippen LogP contribution in [0.1, 0.15) is 18.4 Å². The van der Waals surface area contributed by atoms with Crippen LogP contribution >= 0.6 is 0 Å². The topological polar surface area (TPSA) is 57.2 Å². The number of rotatable bonds is 4. The minimum absolute atomic E-state index is 0.0888. The minimum Gasteiger partial charge on any atom is -0.381 e. The molecule has 1 N–H and O–H groups in total. The highest BCUT2D eigenvalue weighted by Gasteiger charge is 2.23. The molecule has 0 aliphatic carbocycles. The van der Waals surface area contributed by atoms with Crippen LogP contribution in [-0.4, -0.2) is 63.7 Å². The second-order valence-electron chi connectivity index (χ2n) is 6.79. The summed E-state index contributed by atoms with van der Waals surface area (Å²) in [5.74, 6) is 1.38. The maximum Gasteiger partial charge on any atom is 0.246 e. The van der Waals surface area contributed by atoms with Gasteiger partial charge < -0.3 is 19.9 Å². The van der Waals surface area contributed by atoms with Gasteiger partial charge in [0.1, 0.15) is 0 Å². The highest BCUT2D eigenvalue weighted by molar-refractivity contribution is 5.98. The van der Waals surface area contributed by atoms with Gasteiger partial charge in [-0.05, 0) is 30.9 Å². The molecule has 136 valence electrons. The molecule has 6 nitrogen and oxygen atoms in total. The van der Waals surface area contributed by atoms with Gasteiger partial charge in [-0.1, -0.05) is 18.2 Å². The molecule has 25 heavy (non-hydrogen) atoms. The lowest BCUT2D eigenvalue weighted by Gasteiger charge is -2.30. The van der Waals surface area contributed by atoms with Gasteiger partial charge in [-0.3, -0.25) is 9.79 Å². The summed E-state index contributed by atoms with van der Waals surface area (Å²) >= 11 is 0. The van der Waals surface area contributed by atoms with Crippen LogP contribution in [0.25, 0.3) is 0 Å². The number of nitrogens with zero attached hydrogens (tertiary/aromatic N) is 3. The summed E-state index contributed by atoms with van der Waals surface area (Å²) in [6.07, 6.45) is 3.14. The van der Waals surface area contributed by atoms with Crippen LogP contribution in [0.5, 0.6) is 0 Å². The van der Waals surface area contributed by atoms with E-state index in [-0.39, 0.29) is 12.5 Å². The molecule has 1 atom stereocenters. The Balaban J connectivity index is 1.56. The number of anilines is 1. The Hall–Kier alpha value is -2.08. The monoisotopic (exact) mass is 344 g/mol. The second kappa shape index (κ2) is 8.34. The van der Waals surface area contributed by atoms with Crippen LogP contribution in [0.2, 0.25) is 0 Å². The number of benzene rings is 1. The highest BCUT2D eigenvalue weighted by atomic mass is 16.5. The number of hydrogen-bond acceptors (Lipinski definition) is 3. The Morgan fingerprint density at radius 1 is 1.44 bits per heavy atom. The van der Waals surface area contributed by atoms with E-state index in [1.807, 2.05) is 30.1 Å². The van der Waals surface area contributed by atoms with Gasteiger partial charge in [0.15, 0.2) is 5.96 Å². The number of guanidine groups is 1. The third kappa shape index (κ3) is 4.31. The van der Waals surface area contributed by atoms with E-state index in [2.05, 4.69) is 21.3 Å². The van der Waals surface area contributed by atoms with Crippen molar-refractivity contribution in [3.8, 4) is 0 Å². The second-order valence-corrected chi connectivity index (χ2v) is 6.79. The summed E-state index contributed by atoms with van der Waals surface area (Å²) in [7, 11) is 3.76. The Kier molecular flexibility index (Phi) is 5.91. The zero-order chi connectivity index (χ0) is 17.6. The lowest BCUT2D eigenvalue weighted by Crippen LogP contribution is -2.47. The number of carbonyl (C=O) groups excluding carboxylic acids is 1. The number of aliphatic imine (C=N–C) groups is 1. The van der Waals surface area contributed by atoms with Crippen molar-refractivity contribution in [1.82, 2.24) is 10.2 Å². The summed E-state index contributed by atoms with van der Waals surface area (Å²) in [5, 5.41) is 3.21. The first-order valence-corrected chi connectivity index (χ1v) is 9.07. The molecule has 2 heterocycles. The molecule has 3 rings (SSSR count). The molecule has 0 radical (unpaired) electrons. The van der Waals surface area contributed by atoms with Gasteiger partial charge in [0.05, 0.1) is 13.2 Å². The molecule has 1 amide bonds. The third-order valence-electron chi connectivity index (χ3n) is 4.94. The number of fused-ring (bicyclic) bond motifs is 1. The van der Waals surface area contributed by atoms with Crippen molar-refractivity contribution in [3.05, 3.63) is 29.8 Å². The van der Waals surface area contributed by atoms with Crippen LogP contribution in [-0.2, 0) is 16.0 Å². The SMILES string of the molecule is CN=C(NCC(=O)N1CCCc2ccccc21)N(C)CC1CCOC1. The van der Waals surface area contributed by atoms with E-state index in [4.69, 9.17) is 4.74 Å². The van der Waals surface area contributed by atoms with Crippen LogP contribution in [0.3, 0.4) is 0 Å². The number of hydrogen-bond donors (Lipinski definition) is 1. The molecule has 1 aromatic rings. The van der Waals surface area contributed by atoms with Crippen molar-refractivity contribution in [2.24, 2.45) is 10.9 Å². The van der Waals surface area contributed by atoms with Crippen LogP contribution < -0.4 is 10.2 Å². The fourth-order valence-electron chi connectivity index (χ4n) is 3.63. The van der Waals surface area contributed by atoms with Crippen LogP contribution in [0, 0.1) is 5.92 Å². The number of amides is 1. The van der Waals surface area contributed by atoms with Gasteiger partial charge in [0.2, 0.25) is 5.91 Å². The van der Waals surface area contributed by atoms with E-state index in [1.54, 1.807) is 7.05 Å². The van der Waals surface area contributed by atoms with Gasteiger partial charge in [0.25, 0.3) is 0 Å². The maximum absolute atomic E-state index is 12.7. The summed E-state index contributed by atoms with van der Waals surface area (Å²) in [5.41, 5.74) is 2.30. The van der Waals surface area contributed by atoms with Gasteiger partial charge in [-0.25, -0.2) is 0 Å². The highest BCUT2D eigenvalue weighted by Crippen LogP contribution is 2.26. The largest absolute Gasteiger partial charge is 0.381 e. The average molecular weight is 344 g/mol. The van der Waals surface area contributed by atoms with Crippen molar-refractivity contribution in [1.29, 1.82) is 0 Å². The predicted molar refractivity (Wildman–Crippen MR) is 100 cm³/mol. The molecule has 2 aliphatic heterocycles. The zero-order valence-electron chi connectivity index (χ0n) is 15.2. The summed E-state index contributed by atoms with van der Waals surface area (Å²) in [6, 6.07) is 8.18. The Labute approximate surface area is 149 Å². The average Bonchev–Trinajstić information content (AvgIpc) is 3.14. The van der Waals surface area contributed by atoms with Gasteiger partial charge >= 0.3 is 0 Å². The quantitative estimate of drug-likeness (QED) is 0.664. The lowest BCUT2D eigenvalue weighted by molar-refractivity contribution is -0.117. The number of ether oxygens (including phenoxy) is 1. The van der Waals surface area contributed by atoms with Crippen molar-refractivity contribution in [2.75, 3.05) is 51.8 Å². The lowest BCUT2D eigenvalue weighted by atomic mass is 10.0. The summed E-state index contributed by atoms with van der Waals surface area (Å²) < 4.78 is 5.43. The van der Waals surface area contributed by atoms with Gasteiger partial charge in [-0.2, -0.15) is 0 Å². The fraction of sp³-hybridized carbons (Fsp3) is 0.579. The van der Waals surface area contributed by atoms with E-state index in [1.165, 1.54) is 5.56 Å². The first kappa shape index (κ1) is 17.7. The first-order chi connectivity index (χ1) is 12.2. The van der Waals surface area contributed by atoms with Crippen LogP contribution in [0.4, 0.5) is 5.69 Å². The van der Waals surface area contributed by atoms with Gasteiger partial charge in [0, 0.05) is 45.4 Å². The minimum atomic E-state index is 0.0888. The third-order valence-corrected chi connectivity index (χ3v) is 4.94. The van der Waals surface area contributed by atoms with Crippen molar-refractivity contribution in [2.45, 2.75) is 19.3 Å². The normalized spacial score (nSPS) is 20.3. The Morgan fingerprint density at radius 2 is 2.28 bits per heavy atom. The molecule has 0 bridgehead atoms. The summed E-state index contributed by atoms with van der Waals surface area (Å²) in [4.78, 5) is 21.0. The maximum atomic E-state index is 12.7. The molecule has 6 heteroatoms. The fourth-order valence-corrected chi connectivity index (χ4v) is 3.63. The molecule has 1 saturated heterocycles. The molecule has 1 aromatic carbocycles. The Morgan fingerprint density at radius 3 is 3.04 bits per heavy atom. The summed E-state index contributed by atoms with van der Waals surface area (Å²) in [6.45, 7) is 3.58. The molecular formula is C19H28N4O2. The molecular weight excluding hydrogens is 316 g/mol. The van der Waals surface area contributed by atoms with Gasteiger partial charge in [-0.15, -0.1) is 0 Å². The van der Waals surface area contributed by atoms with E-state index in [0.717, 1.165) is 57.2 Å². The van der Waals surface area contributed by atoms with Crippen molar-refractivity contribution >= 4 is 17.6 Å². The molecule has 0 saturated carbocycles. The Bertz CT molecular complexity index is 626.